The molecule has 0 amide bonds. The summed E-state index contributed by atoms with van der Waals surface area (Å²) >= 11 is 0. The molecule has 1 aliphatic heterocycles. The van der Waals surface area contributed by atoms with Crippen LogP contribution in [0.3, 0.4) is 0 Å². The van der Waals surface area contributed by atoms with Crippen molar-refractivity contribution in [2.45, 2.75) is 58.1 Å². The second kappa shape index (κ2) is 6.61. The molecule has 1 aliphatic carbocycles. The molecule has 0 atom stereocenters. The Kier molecular flexibility index (Phi) is 4.27. The number of fused-ring (bicyclic) bond motifs is 3. The highest BCUT2D eigenvalue weighted by molar-refractivity contribution is 6.45. The molecule has 2 heterocycles. The molecule has 29 heavy (non-hydrogen) atoms. The minimum atomic E-state index is -0.309. The van der Waals surface area contributed by atoms with Gasteiger partial charge in [-0.3, -0.25) is 0 Å². The first-order valence-electron chi connectivity index (χ1n) is 10.6. The maximum atomic E-state index is 6.30. The zero-order valence-corrected chi connectivity index (χ0v) is 17.7. The fourth-order valence-corrected chi connectivity index (χ4v) is 4.58. The van der Waals surface area contributed by atoms with Crippen LogP contribution >= 0.6 is 0 Å². The number of hydrogen-bond acceptors (Lipinski definition) is 2. The summed E-state index contributed by atoms with van der Waals surface area (Å²) in [5.74, 6) is 0. The van der Waals surface area contributed by atoms with E-state index in [-0.39, 0.29) is 18.3 Å². The van der Waals surface area contributed by atoms with Crippen LogP contribution in [0.4, 0.5) is 0 Å². The smallest absolute Gasteiger partial charge is 0.403 e. The Morgan fingerprint density at radius 1 is 0.931 bits per heavy atom. The summed E-state index contributed by atoms with van der Waals surface area (Å²) in [6.07, 6.45) is 7.46. The third-order valence-corrected chi connectivity index (χ3v) is 6.77. The Hall–Kier alpha value is -2.30. The van der Waals surface area contributed by atoms with Crippen LogP contribution in [0.25, 0.3) is 22.7 Å². The lowest BCUT2D eigenvalue weighted by Gasteiger charge is -2.32. The summed E-state index contributed by atoms with van der Waals surface area (Å²) in [6, 6.07) is 17.4. The lowest BCUT2D eigenvalue weighted by Crippen LogP contribution is -2.41. The van der Waals surface area contributed by atoms with Gasteiger partial charge < -0.3 is 13.9 Å². The maximum Gasteiger partial charge on any atom is 0.462 e. The summed E-state index contributed by atoms with van der Waals surface area (Å²) < 4.78 is 15.0. The van der Waals surface area contributed by atoms with Gasteiger partial charge in [0, 0.05) is 28.7 Å². The third kappa shape index (κ3) is 2.97. The van der Waals surface area contributed by atoms with E-state index in [9.17, 15) is 0 Å². The van der Waals surface area contributed by atoms with Crippen molar-refractivity contribution < 1.29 is 9.31 Å². The van der Waals surface area contributed by atoms with Gasteiger partial charge in [-0.25, -0.2) is 0 Å². The van der Waals surface area contributed by atoms with Gasteiger partial charge in [0.25, 0.3) is 0 Å². The summed E-state index contributed by atoms with van der Waals surface area (Å²) in [6.45, 7) is 8.45. The van der Waals surface area contributed by atoms with Gasteiger partial charge >= 0.3 is 7.12 Å². The monoisotopic (exact) mass is 385 g/mol. The molecule has 0 N–H and O–H groups in total. The van der Waals surface area contributed by atoms with Gasteiger partial charge in [0.15, 0.2) is 0 Å². The van der Waals surface area contributed by atoms with E-state index in [4.69, 9.17) is 9.31 Å². The molecule has 2 aromatic carbocycles. The molecule has 1 saturated heterocycles. The lowest BCUT2D eigenvalue weighted by molar-refractivity contribution is 0.00578. The van der Waals surface area contributed by atoms with Crippen LogP contribution in [-0.4, -0.2) is 22.9 Å². The minimum absolute atomic E-state index is 0.237. The van der Waals surface area contributed by atoms with Crippen LogP contribution in [0.1, 0.15) is 50.9 Å². The molecule has 0 spiro atoms. The summed E-state index contributed by atoms with van der Waals surface area (Å²) in [7, 11) is -0.237. The average Bonchev–Trinajstić information content (AvgIpc) is 3.12. The molecule has 5 rings (SSSR count). The molecule has 4 heteroatoms. The van der Waals surface area contributed by atoms with Gasteiger partial charge in [0.05, 0.1) is 16.7 Å². The highest BCUT2D eigenvalue weighted by atomic mass is 16.7. The molecule has 0 unspecified atom stereocenters. The molecule has 0 bridgehead atoms. The van der Waals surface area contributed by atoms with E-state index in [1.165, 1.54) is 33.4 Å². The Balaban J connectivity index is 1.61. The predicted octanol–water partition coefficient (Wildman–Crippen LogP) is 5.76. The van der Waals surface area contributed by atoms with Crippen LogP contribution in [0.5, 0.6) is 0 Å². The Morgan fingerprint density at radius 3 is 2.41 bits per heavy atom. The van der Waals surface area contributed by atoms with E-state index in [1.807, 2.05) is 0 Å². The summed E-state index contributed by atoms with van der Waals surface area (Å²) in [4.78, 5) is 0. The largest absolute Gasteiger partial charge is 0.462 e. The second-order valence-electron chi connectivity index (χ2n) is 9.17. The summed E-state index contributed by atoms with van der Waals surface area (Å²) in [5.41, 5.74) is 5.89. The van der Waals surface area contributed by atoms with Gasteiger partial charge in [0.2, 0.25) is 0 Å². The van der Waals surface area contributed by atoms with Gasteiger partial charge in [-0.1, -0.05) is 48.6 Å². The zero-order chi connectivity index (χ0) is 20.2. The molecule has 148 valence electrons. The van der Waals surface area contributed by atoms with Gasteiger partial charge in [-0.05, 0) is 58.2 Å². The number of nitrogens with zero attached hydrogens (tertiary/aromatic N) is 1. The van der Waals surface area contributed by atoms with Crippen LogP contribution in [0.15, 0.2) is 54.6 Å². The molecular formula is C25H28BNO2. The van der Waals surface area contributed by atoms with Gasteiger partial charge in [-0.15, -0.1) is 0 Å². The van der Waals surface area contributed by atoms with Crippen molar-refractivity contribution in [3.05, 3.63) is 71.4 Å². The van der Waals surface area contributed by atoms with E-state index < -0.39 is 0 Å². The standard InChI is InChI=1S/C25H28BNO2/c1-24(2)25(3,4)29-26(28-24)17-18-11-5-8-14-21(18)27-22-15-9-6-12-19(22)20-13-7-10-16-23(20)27/h5-9,11-15H,10,16-17H2,1-4H3. The second-order valence-corrected chi connectivity index (χ2v) is 9.17. The molecule has 2 aliphatic rings. The first-order chi connectivity index (χ1) is 13.9. The highest BCUT2D eigenvalue weighted by Crippen LogP contribution is 2.39. The number of benzene rings is 2. The number of hydrogen-bond donors (Lipinski definition) is 0. The highest BCUT2D eigenvalue weighted by Gasteiger charge is 2.50. The fourth-order valence-electron chi connectivity index (χ4n) is 4.58. The lowest BCUT2D eigenvalue weighted by atomic mass is 9.80. The molecule has 0 saturated carbocycles. The van der Waals surface area contributed by atoms with Crippen LogP contribution in [0.2, 0.25) is 0 Å². The van der Waals surface area contributed by atoms with E-state index in [0.29, 0.717) is 0 Å². The number of rotatable bonds is 3. The van der Waals surface area contributed by atoms with Crippen LogP contribution < -0.4 is 0 Å². The van der Waals surface area contributed by atoms with E-state index in [0.717, 1.165) is 19.2 Å². The Morgan fingerprint density at radius 2 is 1.62 bits per heavy atom. The van der Waals surface area contributed by atoms with Crippen molar-refractivity contribution in [3.63, 3.8) is 0 Å². The SMILES string of the molecule is CC1(C)OB(Cc2ccccc2-n2c3c(c4ccccc42)C=CCC3)OC1(C)C. The van der Waals surface area contributed by atoms with Crippen LogP contribution in [-0.2, 0) is 22.0 Å². The topological polar surface area (TPSA) is 23.4 Å². The molecule has 3 aromatic rings. The minimum Gasteiger partial charge on any atom is -0.403 e. The summed E-state index contributed by atoms with van der Waals surface area (Å²) in [5, 5.41) is 1.32. The number of allylic oxidation sites excluding steroid dienone is 1. The molecule has 1 aromatic heterocycles. The normalized spacial score (nSPS) is 19.7. The number of para-hydroxylation sites is 2. The molecule has 0 radical (unpaired) electrons. The maximum absolute atomic E-state index is 6.30. The molecular weight excluding hydrogens is 357 g/mol. The van der Waals surface area contributed by atoms with E-state index >= 15 is 0 Å². The van der Waals surface area contributed by atoms with Crippen molar-refractivity contribution in [1.29, 1.82) is 0 Å². The Bertz CT molecular complexity index is 1090. The predicted molar refractivity (Wildman–Crippen MR) is 120 cm³/mol. The molecule has 1 fully saturated rings. The first-order valence-corrected chi connectivity index (χ1v) is 10.6. The van der Waals surface area contributed by atoms with Crippen LogP contribution in [0, 0.1) is 0 Å². The van der Waals surface area contributed by atoms with Crippen molar-refractivity contribution in [1.82, 2.24) is 4.57 Å². The Labute approximate surface area is 173 Å². The number of aromatic nitrogens is 1. The van der Waals surface area contributed by atoms with Gasteiger partial charge in [-0.2, -0.15) is 0 Å². The van der Waals surface area contributed by atoms with Crippen molar-refractivity contribution >= 4 is 24.1 Å². The van der Waals surface area contributed by atoms with Crippen molar-refractivity contribution in [2.75, 3.05) is 0 Å². The van der Waals surface area contributed by atoms with Crippen molar-refractivity contribution in [2.24, 2.45) is 0 Å². The van der Waals surface area contributed by atoms with Gasteiger partial charge in [0.1, 0.15) is 0 Å². The van der Waals surface area contributed by atoms with E-state index in [2.05, 4.69) is 92.9 Å². The van der Waals surface area contributed by atoms with E-state index in [1.54, 1.807) is 0 Å². The third-order valence-electron chi connectivity index (χ3n) is 6.77. The first kappa shape index (κ1) is 18.7. The quantitative estimate of drug-likeness (QED) is 0.535. The molecule has 3 nitrogen and oxygen atoms in total. The zero-order valence-electron chi connectivity index (χ0n) is 17.7. The average molecular weight is 385 g/mol. The van der Waals surface area contributed by atoms with Crippen molar-refractivity contribution in [3.8, 4) is 5.69 Å². The fraction of sp³-hybridized carbons (Fsp3) is 0.360.